The van der Waals surface area contributed by atoms with Crippen molar-refractivity contribution in [3.05, 3.63) is 35.4 Å². The number of nitrogens with zero attached hydrogens (tertiary/aromatic N) is 1. The molecule has 2 amide bonds. The first-order valence-corrected chi connectivity index (χ1v) is 5.87. The van der Waals surface area contributed by atoms with Crippen LogP contribution in [0.2, 0.25) is 0 Å². The molecule has 0 saturated carbocycles. The van der Waals surface area contributed by atoms with Gasteiger partial charge in [0.1, 0.15) is 17.7 Å². The highest BCUT2D eigenvalue weighted by Crippen LogP contribution is 2.09. The van der Waals surface area contributed by atoms with Gasteiger partial charge in [0.15, 0.2) is 0 Å². The molecule has 7 heteroatoms. The topological polar surface area (TPSA) is 96.0 Å². The lowest BCUT2D eigenvalue weighted by Gasteiger charge is -2.14. The number of hydrogen-bond acceptors (Lipinski definition) is 3. The number of carbonyl (C=O) groups excluding carboxylic acids is 2. The van der Waals surface area contributed by atoms with Gasteiger partial charge in [-0.1, -0.05) is 0 Å². The number of hydrogen-bond donors (Lipinski definition) is 2. The Balaban J connectivity index is 2.75. The van der Waals surface area contributed by atoms with Crippen molar-refractivity contribution in [3.8, 4) is 6.07 Å². The van der Waals surface area contributed by atoms with Crippen molar-refractivity contribution in [2.75, 3.05) is 0 Å². The van der Waals surface area contributed by atoms with Crippen LogP contribution in [0.15, 0.2) is 18.2 Å². The summed E-state index contributed by atoms with van der Waals surface area (Å²) in [4.78, 5) is 23.0. The largest absolute Gasteiger partial charge is 0.368 e. The van der Waals surface area contributed by atoms with E-state index < -0.39 is 29.5 Å². The molecule has 106 valence electrons. The third-order valence-electron chi connectivity index (χ3n) is 2.55. The van der Waals surface area contributed by atoms with Crippen molar-refractivity contribution >= 4 is 11.8 Å². The summed E-state index contributed by atoms with van der Waals surface area (Å²) < 4.78 is 26.0. The molecule has 0 aliphatic heterocycles. The average Bonchev–Trinajstić information content (AvgIpc) is 2.36. The molecule has 0 spiro atoms. The molecule has 0 aliphatic rings. The highest BCUT2D eigenvalue weighted by Gasteiger charge is 2.19. The minimum Gasteiger partial charge on any atom is -0.368 e. The van der Waals surface area contributed by atoms with Gasteiger partial charge in [-0.05, 0) is 25.0 Å². The van der Waals surface area contributed by atoms with E-state index in [1.54, 1.807) is 0 Å². The standard InChI is InChI=1S/C13H13F2N3O2/c14-9-5-8(6-10(15)7-9)13(20)18-11(12(17)19)3-1-2-4-16/h5-7,11H,1-3H2,(H2,17,19)(H,18,20)/t11-/m0/s1. The molecule has 0 fully saturated rings. The molecular weight excluding hydrogens is 268 g/mol. The van der Waals surface area contributed by atoms with Crippen LogP contribution in [0.4, 0.5) is 8.78 Å². The lowest BCUT2D eigenvalue weighted by molar-refractivity contribution is -0.120. The maximum atomic E-state index is 13.0. The fourth-order valence-electron chi connectivity index (χ4n) is 1.60. The van der Waals surface area contributed by atoms with Gasteiger partial charge in [0, 0.05) is 18.1 Å². The lowest BCUT2D eigenvalue weighted by Crippen LogP contribution is -2.44. The molecule has 1 aromatic rings. The van der Waals surface area contributed by atoms with Crippen LogP contribution >= 0.6 is 0 Å². The summed E-state index contributed by atoms with van der Waals surface area (Å²) in [6.45, 7) is 0. The quantitative estimate of drug-likeness (QED) is 0.768. The van der Waals surface area contributed by atoms with Crippen LogP contribution in [0.3, 0.4) is 0 Å². The third-order valence-corrected chi connectivity index (χ3v) is 2.55. The van der Waals surface area contributed by atoms with E-state index in [1.165, 1.54) is 0 Å². The summed E-state index contributed by atoms with van der Waals surface area (Å²) in [5, 5.41) is 10.7. The first-order chi connectivity index (χ1) is 9.43. The number of nitrogens with one attached hydrogen (secondary N) is 1. The first-order valence-electron chi connectivity index (χ1n) is 5.87. The molecule has 5 nitrogen and oxygen atoms in total. The normalized spacial score (nSPS) is 11.4. The maximum Gasteiger partial charge on any atom is 0.252 e. The fraction of sp³-hybridized carbons (Fsp3) is 0.308. The molecule has 1 atom stereocenters. The van der Waals surface area contributed by atoms with Crippen LogP contribution in [0.25, 0.3) is 0 Å². The van der Waals surface area contributed by atoms with E-state index in [4.69, 9.17) is 11.0 Å². The van der Waals surface area contributed by atoms with E-state index >= 15 is 0 Å². The van der Waals surface area contributed by atoms with Crippen LogP contribution in [-0.2, 0) is 4.79 Å². The minimum atomic E-state index is -0.984. The Kier molecular flexibility index (Phi) is 5.59. The number of benzene rings is 1. The van der Waals surface area contributed by atoms with E-state index in [9.17, 15) is 18.4 Å². The monoisotopic (exact) mass is 281 g/mol. The molecule has 0 heterocycles. The number of nitrogens with two attached hydrogens (primary N) is 1. The minimum absolute atomic E-state index is 0.187. The zero-order valence-electron chi connectivity index (χ0n) is 10.5. The van der Waals surface area contributed by atoms with Crippen molar-refractivity contribution in [3.63, 3.8) is 0 Å². The Hall–Kier alpha value is -2.49. The van der Waals surface area contributed by atoms with Gasteiger partial charge in [-0.3, -0.25) is 9.59 Å². The molecule has 0 aliphatic carbocycles. The number of unbranched alkanes of at least 4 members (excludes halogenated alkanes) is 1. The van der Waals surface area contributed by atoms with Crippen LogP contribution in [0, 0.1) is 23.0 Å². The maximum absolute atomic E-state index is 13.0. The molecule has 0 aromatic heterocycles. The van der Waals surface area contributed by atoms with Gasteiger partial charge in [0.25, 0.3) is 5.91 Å². The second-order valence-corrected chi connectivity index (χ2v) is 4.14. The molecule has 0 unspecified atom stereocenters. The number of rotatable bonds is 6. The molecular formula is C13H13F2N3O2. The van der Waals surface area contributed by atoms with E-state index in [1.807, 2.05) is 6.07 Å². The van der Waals surface area contributed by atoms with Crippen molar-refractivity contribution in [2.24, 2.45) is 5.73 Å². The smallest absolute Gasteiger partial charge is 0.252 e. The second kappa shape index (κ2) is 7.19. The van der Waals surface area contributed by atoms with Gasteiger partial charge in [-0.15, -0.1) is 0 Å². The summed E-state index contributed by atoms with van der Waals surface area (Å²) in [6.07, 6.45) is 0.780. The number of halogens is 2. The molecule has 3 N–H and O–H groups in total. The first kappa shape index (κ1) is 15.6. The number of carbonyl (C=O) groups is 2. The van der Waals surface area contributed by atoms with Crippen LogP contribution in [0.5, 0.6) is 0 Å². The third kappa shape index (κ3) is 4.65. The summed E-state index contributed by atoms with van der Waals surface area (Å²) in [7, 11) is 0. The summed E-state index contributed by atoms with van der Waals surface area (Å²) in [6, 6.07) is 3.25. The number of amides is 2. The van der Waals surface area contributed by atoms with E-state index in [0.29, 0.717) is 12.5 Å². The van der Waals surface area contributed by atoms with Gasteiger partial charge in [0.05, 0.1) is 6.07 Å². The SMILES string of the molecule is N#CCCC[C@H](NC(=O)c1cc(F)cc(F)c1)C(N)=O. The van der Waals surface area contributed by atoms with Gasteiger partial charge >= 0.3 is 0 Å². The molecule has 1 aromatic carbocycles. The molecule has 20 heavy (non-hydrogen) atoms. The Morgan fingerprint density at radius 3 is 2.40 bits per heavy atom. The predicted octanol–water partition coefficient (Wildman–Crippen LogP) is 1.24. The van der Waals surface area contributed by atoms with Crippen LogP contribution in [-0.4, -0.2) is 17.9 Å². The van der Waals surface area contributed by atoms with Gasteiger partial charge < -0.3 is 11.1 Å². The zero-order chi connectivity index (χ0) is 15.1. The van der Waals surface area contributed by atoms with Crippen LogP contribution < -0.4 is 11.1 Å². The van der Waals surface area contributed by atoms with E-state index in [2.05, 4.69) is 5.32 Å². The zero-order valence-corrected chi connectivity index (χ0v) is 10.5. The highest BCUT2D eigenvalue weighted by atomic mass is 19.1. The van der Waals surface area contributed by atoms with E-state index in [0.717, 1.165) is 12.1 Å². The van der Waals surface area contributed by atoms with Gasteiger partial charge in [0.2, 0.25) is 5.91 Å². The molecule has 0 saturated heterocycles. The Bertz CT molecular complexity index is 535. The van der Waals surface area contributed by atoms with Crippen molar-refractivity contribution in [2.45, 2.75) is 25.3 Å². The Labute approximate surface area is 114 Å². The fourth-order valence-corrected chi connectivity index (χ4v) is 1.60. The van der Waals surface area contributed by atoms with Crippen LogP contribution in [0.1, 0.15) is 29.6 Å². The highest BCUT2D eigenvalue weighted by molar-refractivity contribution is 5.97. The summed E-state index contributed by atoms with van der Waals surface area (Å²) >= 11 is 0. The summed E-state index contributed by atoms with van der Waals surface area (Å²) in [5.74, 6) is -3.36. The average molecular weight is 281 g/mol. The van der Waals surface area contributed by atoms with Crippen molar-refractivity contribution < 1.29 is 18.4 Å². The second-order valence-electron chi connectivity index (χ2n) is 4.14. The Morgan fingerprint density at radius 1 is 1.30 bits per heavy atom. The Morgan fingerprint density at radius 2 is 1.90 bits per heavy atom. The van der Waals surface area contributed by atoms with E-state index in [-0.39, 0.29) is 18.4 Å². The molecule has 1 rings (SSSR count). The molecule has 0 bridgehead atoms. The number of primary amides is 1. The molecule has 0 radical (unpaired) electrons. The summed E-state index contributed by atoms with van der Waals surface area (Å²) in [5.41, 5.74) is 4.88. The van der Waals surface area contributed by atoms with Gasteiger partial charge in [-0.25, -0.2) is 8.78 Å². The van der Waals surface area contributed by atoms with Gasteiger partial charge in [-0.2, -0.15) is 5.26 Å². The lowest BCUT2D eigenvalue weighted by atomic mass is 10.1. The predicted molar refractivity (Wildman–Crippen MR) is 66.3 cm³/mol. The number of nitriles is 1. The van der Waals surface area contributed by atoms with Crippen molar-refractivity contribution in [1.29, 1.82) is 5.26 Å². The van der Waals surface area contributed by atoms with Crippen molar-refractivity contribution in [1.82, 2.24) is 5.32 Å².